The Bertz CT molecular complexity index is 2530. The number of benzene rings is 7. The summed E-state index contributed by atoms with van der Waals surface area (Å²) in [5, 5.41) is 2.58. The van der Waals surface area contributed by atoms with Crippen molar-refractivity contribution in [2.45, 2.75) is 55.0 Å². The summed E-state index contributed by atoms with van der Waals surface area (Å²) < 4.78 is 2.44. The van der Waals surface area contributed by atoms with E-state index in [-0.39, 0.29) is 6.71 Å². The number of hydrogen-bond donors (Lipinski definition) is 0. The van der Waals surface area contributed by atoms with Gasteiger partial charge in [-0.3, -0.25) is 0 Å². The average Bonchev–Trinajstić information content (AvgIpc) is 3.49. The molecule has 0 fully saturated rings. The molecular formula is C52H48BN. The van der Waals surface area contributed by atoms with Gasteiger partial charge < -0.3 is 4.57 Å². The molecule has 1 nitrogen and oxygen atoms in total. The number of fused-ring (bicyclic) bond motifs is 3. The van der Waals surface area contributed by atoms with Crippen molar-refractivity contribution in [1.29, 1.82) is 0 Å². The Hall–Kier alpha value is -5.86. The number of aromatic nitrogens is 1. The van der Waals surface area contributed by atoms with Gasteiger partial charge in [0.15, 0.2) is 0 Å². The molecule has 54 heavy (non-hydrogen) atoms. The Kier molecular flexibility index (Phi) is 9.46. The number of nitrogens with zero attached hydrogens (tertiary/aromatic N) is 1. The molecule has 264 valence electrons. The molecule has 1 aromatic heterocycles. The van der Waals surface area contributed by atoms with Crippen molar-refractivity contribution >= 4 is 56.1 Å². The molecular weight excluding hydrogens is 649 g/mol. The number of rotatable bonds is 8. The van der Waals surface area contributed by atoms with E-state index in [1.807, 2.05) is 0 Å². The zero-order valence-corrected chi connectivity index (χ0v) is 32.7. The number of aryl methyl sites for hydroxylation is 7. The summed E-state index contributed by atoms with van der Waals surface area (Å²) in [6.45, 7) is 16.8. The van der Waals surface area contributed by atoms with Gasteiger partial charge in [0.05, 0.1) is 0 Å². The van der Waals surface area contributed by atoms with Gasteiger partial charge in [0.1, 0.15) is 0 Å². The molecule has 0 unspecified atom stereocenters. The SMILES string of the molecule is CCn1c2ccccc2c2cc(C(=C(c3ccccc3)c3ccccc3)c3ccc(B(c4c(C)cc(C)cc4C)c4c(C)cc(C)cc4C)cc3)ccc21. The second kappa shape index (κ2) is 14.5. The van der Waals surface area contributed by atoms with Crippen molar-refractivity contribution in [2.24, 2.45) is 0 Å². The quantitative estimate of drug-likeness (QED) is 0.110. The summed E-state index contributed by atoms with van der Waals surface area (Å²) in [6, 6.07) is 56.7. The van der Waals surface area contributed by atoms with E-state index in [0.717, 1.165) is 6.54 Å². The van der Waals surface area contributed by atoms with Gasteiger partial charge in [0, 0.05) is 28.4 Å². The first-order valence-electron chi connectivity index (χ1n) is 19.4. The first kappa shape index (κ1) is 35.2. The lowest BCUT2D eigenvalue weighted by Gasteiger charge is -2.25. The standard InChI is InChI=1S/C52H48BN/c1-8-54-47-22-16-15-21-45(47)46-33-43(25-28-48(46)54)50(49(40-17-11-9-12-18-40)41-19-13-10-14-20-41)42-23-26-44(27-24-42)53(51-36(4)29-34(2)30-37(51)5)52-38(6)31-35(3)32-39(52)7/h9-33H,8H2,1-7H3. The fraction of sp³-hybridized carbons (Fsp3) is 0.154. The third-order valence-corrected chi connectivity index (χ3v) is 11.3. The second-order valence-electron chi connectivity index (χ2n) is 15.2. The van der Waals surface area contributed by atoms with E-state index in [1.54, 1.807) is 0 Å². The Morgan fingerprint density at radius 2 is 0.852 bits per heavy atom. The molecule has 0 bridgehead atoms. The molecule has 0 N–H and O–H groups in total. The first-order chi connectivity index (χ1) is 26.2. The summed E-state index contributed by atoms with van der Waals surface area (Å²) >= 11 is 0. The molecule has 0 radical (unpaired) electrons. The maximum Gasteiger partial charge on any atom is 0.242 e. The zero-order chi connectivity index (χ0) is 37.5. The lowest BCUT2D eigenvalue weighted by Crippen LogP contribution is -2.55. The van der Waals surface area contributed by atoms with Gasteiger partial charge in [-0.1, -0.05) is 183 Å². The van der Waals surface area contributed by atoms with E-state index in [9.17, 15) is 0 Å². The Morgan fingerprint density at radius 3 is 1.37 bits per heavy atom. The summed E-state index contributed by atoms with van der Waals surface area (Å²) in [6.07, 6.45) is 0. The Balaban J connectivity index is 1.40. The number of hydrogen-bond acceptors (Lipinski definition) is 0. The van der Waals surface area contributed by atoms with Crippen LogP contribution in [0.2, 0.25) is 0 Å². The molecule has 0 spiro atoms. The predicted octanol–water partition coefficient (Wildman–Crippen LogP) is 11.2. The lowest BCUT2D eigenvalue weighted by atomic mass is 9.34. The number of para-hydroxylation sites is 1. The zero-order valence-electron chi connectivity index (χ0n) is 32.7. The Labute approximate surface area is 321 Å². The van der Waals surface area contributed by atoms with Gasteiger partial charge in [-0.05, 0) is 100 Å². The highest BCUT2D eigenvalue weighted by molar-refractivity contribution is 6.96. The van der Waals surface area contributed by atoms with Crippen molar-refractivity contribution in [3.63, 3.8) is 0 Å². The van der Waals surface area contributed by atoms with Crippen LogP contribution in [0.25, 0.3) is 33.0 Å². The summed E-state index contributed by atoms with van der Waals surface area (Å²) in [5.41, 5.74) is 22.0. The molecule has 0 atom stereocenters. The highest BCUT2D eigenvalue weighted by atomic mass is 15.0. The van der Waals surface area contributed by atoms with Gasteiger partial charge in [0.25, 0.3) is 0 Å². The van der Waals surface area contributed by atoms with Crippen molar-refractivity contribution in [3.05, 3.63) is 207 Å². The first-order valence-corrected chi connectivity index (χ1v) is 19.4. The lowest BCUT2D eigenvalue weighted by molar-refractivity contribution is 0.827. The van der Waals surface area contributed by atoms with Gasteiger partial charge >= 0.3 is 0 Å². The van der Waals surface area contributed by atoms with Crippen molar-refractivity contribution in [2.75, 3.05) is 0 Å². The maximum absolute atomic E-state index is 2.44. The topological polar surface area (TPSA) is 4.93 Å². The van der Waals surface area contributed by atoms with Crippen molar-refractivity contribution in [3.8, 4) is 0 Å². The van der Waals surface area contributed by atoms with Crippen LogP contribution in [0.15, 0.2) is 152 Å². The van der Waals surface area contributed by atoms with Crippen LogP contribution in [0.1, 0.15) is 62.6 Å². The van der Waals surface area contributed by atoms with Crippen LogP contribution in [0, 0.1) is 41.5 Å². The van der Waals surface area contributed by atoms with Crippen LogP contribution in [-0.4, -0.2) is 11.3 Å². The molecule has 1 heterocycles. The fourth-order valence-corrected chi connectivity index (χ4v) is 9.28. The van der Waals surface area contributed by atoms with E-state index >= 15 is 0 Å². The Morgan fingerprint density at radius 1 is 0.426 bits per heavy atom. The normalized spacial score (nSPS) is 11.3. The van der Waals surface area contributed by atoms with Crippen molar-refractivity contribution in [1.82, 2.24) is 4.57 Å². The van der Waals surface area contributed by atoms with Crippen LogP contribution >= 0.6 is 0 Å². The van der Waals surface area contributed by atoms with E-state index < -0.39 is 0 Å². The molecule has 0 aliphatic carbocycles. The van der Waals surface area contributed by atoms with Gasteiger partial charge in [0.2, 0.25) is 6.71 Å². The highest BCUT2D eigenvalue weighted by Gasteiger charge is 2.29. The minimum atomic E-state index is 0.118. The molecule has 2 heteroatoms. The minimum Gasteiger partial charge on any atom is -0.341 e. The van der Waals surface area contributed by atoms with E-state index in [4.69, 9.17) is 0 Å². The fourth-order valence-electron chi connectivity index (χ4n) is 9.28. The summed E-state index contributed by atoms with van der Waals surface area (Å²) in [7, 11) is 0. The molecule has 8 rings (SSSR count). The summed E-state index contributed by atoms with van der Waals surface area (Å²) in [5.74, 6) is 0. The third-order valence-electron chi connectivity index (χ3n) is 11.3. The molecule has 7 aromatic carbocycles. The maximum atomic E-state index is 2.44. The largest absolute Gasteiger partial charge is 0.341 e. The van der Waals surface area contributed by atoms with Gasteiger partial charge in [-0.2, -0.15) is 0 Å². The summed E-state index contributed by atoms with van der Waals surface area (Å²) in [4.78, 5) is 0. The van der Waals surface area contributed by atoms with Gasteiger partial charge in [-0.15, -0.1) is 0 Å². The molecule has 0 aliphatic rings. The van der Waals surface area contributed by atoms with Crippen LogP contribution < -0.4 is 16.4 Å². The predicted molar refractivity (Wildman–Crippen MR) is 235 cm³/mol. The monoisotopic (exact) mass is 697 g/mol. The molecule has 0 amide bonds. The average molecular weight is 698 g/mol. The van der Waals surface area contributed by atoms with Crippen molar-refractivity contribution < 1.29 is 0 Å². The van der Waals surface area contributed by atoms with Crippen LogP contribution in [0.3, 0.4) is 0 Å². The van der Waals surface area contributed by atoms with Crippen LogP contribution in [-0.2, 0) is 6.54 Å². The molecule has 0 saturated heterocycles. The van der Waals surface area contributed by atoms with E-state index in [1.165, 1.54) is 105 Å². The molecule has 8 aromatic rings. The van der Waals surface area contributed by atoms with Gasteiger partial charge in [-0.25, -0.2) is 0 Å². The molecule has 0 saturated carbocycles. The molecule has 0 aliphatic heterocycles. The smallest absolute Gasteiger partial charge is 0.242 e. The minimum absolute atomic E-state index is 0.118. The highest BCUT2D eigenvalue weighted by Crippen LogP contribution is 2.39. The van der Waals surface area contributed by atoms with E-state index in [2.05, 4.69) is 205 Å². The van der Waals surface area contributed by atoms with Crippen LogP contribution in [0.4, 0.5) is 0 Å². The van der Waals surface area contributed by atoms with Crippen LogP contribution in [0.5, 0.6) is 0 Å². The third kappa shape index (κ3) is 6.30. The van der Waals surface area contributed by atoms with E-state index in [0.29, 0.717) is 0 Å². The second-order valence-corrected chi connectivity index (χ2v) is 15.2.